The monoisotopic (exact) mass is 273 g/mol. The van der Waals surface area contributed by atoms with Crippen LogP contribution in [0.25, 0.3) is 0 Å². The highest BCUT2D eigenvalue weighted by molar-refractivity contribution is 6.20. The molecule has 0 aliphatic rings. The Morgan fingerprint density at radius 2 is 2.22 bits per heavy atom. The molecular weight excluding hydrogens is 250 g/mol. The summed E-state index contributed by atoms with van der Waals surface area (Å²) in [4.78, 5) is 2.21. The molecule has 5 heteroatoms. The van der Waals surface area contributed by atoms with E-state index in [2.05, 4.69) is 41.6 Å². The van der Waals surface area contributed by atoms with Gasteiger partial charge in [-0.05, 0) is 26.5 Å². The van der Waals surface area contributed by atoms with Crippen molar-refractivity contribution in [1.82, 2.24) is 14.7 Å². The second-order valence-electron chi connectivity index (χ2n) is 4.55. The molecule has 1 aromatic heterocycles. The molecule has 0 aliphatic heterocycles. The molecule has 0 bridgehead atoms. The minimum absolute atomic E-state index is 0.0312. The number of methoxy groups -OCH3 is 1. The van der Waals surface area contributed by atoms with Gasteiger partial charge in [0.2, 0.25) is 0 Å². The van der Waals surface area contributed by atoms with Gasteiger partial charge in [0.15, 0.2) is 0 Å². The molecule has 0 N–H and O–H groups in total. The van der Waals surface area contributed by atoms with Crippen molar-refractivity contribution < 1.29 is 4.74 Å². The zero-order chi connectivity index (χ0) is 13.5. The molecule has 0 fully saturated rings. The normalized spacial score (nSPS) is 13.2. The fraction of sp³-hybridized carbons (Fsp3) is 0.769. The molecule has 0 saturated carbocycles. The Balaban J connectivity index is 2.57. The molecule has 0 radical (unpaired) electrons. The highest BCUT2D eigenvalue weighted by atomic mass is 35.5. The summed E-state index contributed by atoms with van der Waals surface area (Å²) in [6.07, 6.45) is 0.978. The Kier molecular flexibility index (Phi) is 6.68. The zero-order valence-corrected chi connectivity index (χ0v) is 12.6. The van der Waals surface area contributed by atoms with Gasteiger partial charge in [-0.15, -0.1) is 11.6 Å². The van der Waals surface area contributed by atoms with Gasteiger partial charge in [0.1, 0.15) is 0 Å². The van der Waals surface area contributed by atoms with Crippen LogP contribution < -0.4 is 0 Å². The summed E-state index contributed by atoms with van der Waals surface area (Å²) in [7, 11) is 3.75. The Bertz CT molecular complexity index is 354. The highest BCUT2D eigenvalue weighted by Crippen LogP contribution is 2.09. The number of hydrogen-bond donors (Lipinski definition) is 0. The number of alkyl halides is 1. The van der Waals surface area contributed by atoms with Gasteiger partial charge in [0, 0.05) is 26.7 Å². The average molecular weight is 274 g/mol. The lowest BCUT2D eigenvalue weighted by Gasteiger charge is -2.19. The molecule has 1 atom stereocenters. The topological polar surface area (TPSA) is 30.3 Å². The minimum Gasteiger partial charge on any atom is -0.383 e. The predicted octanol–water partition coefficient (Wildman–Crippen LogP) is 2.15. The summed E-state index contributed by atoms with van der Waals surface area (Å²) in [6.45, 7) is 7.42. The summed E-state index contributed by atoms with van der Waals surface area (Å²) in [5.41, 5.74) is 2.40. The third-order valence-corrected chi connectivity index (χ3v) is 3.13. The van der Waals surface area contributed by atoms with Crippen LogP contribution in [0.15, 0.2) is 6.07 Å². The summed E-state index contributed by atoms with van der Waals surface area (Å²) >= 11 is 6.16. The molecule has 0 saturated heterocycles. The number of ether oxygens (including phenoxy) is 1. The van der Waals surface area contributed by atoms with E-state index < -0.39 is 0 Å². The SMILES string of the molecule is CCc1cc(CN(C)CC(Cl)COC)n(CC)n1. The van der Waals surface area contributed by atoms with Crippen molar-refractivity contribution in [1.29, 1.82) is 0 Å². The Morgan fingerprint density at radius 3 is 2.78 bits per heavy atom. The van der Waals surface area contributed by atoms with E-state index in [0.29, 0.717) is 6.61 Å². The molecule has 0 aliphatic carbocycles. The van der Waals surface area contributed by atoms with Gasteiger partial charge in [0.05, 0.1) is 23.4 Å². The molecule has 104 valence electrons. The van der Waals surface area contributed by atoms with Crippen molar-refractivity contribution in [3.05, 3.63) is 17.5 Å². The largest absolute Gasteiger partial charge is 0.383 e. The lowest BCUT2D eigenvalue weighted by atomic mass is 10.3. The number of aromatic nitrogens is 2. The maximum atomic E-state index is 6.16. The zero-order valence-electron chi connectivity index (χ0n) is 11.8. The summed E-state index contributed by atoms with van der Waals surface area (Å²) < 4.78 is 7.11. The van der Waals surface area contributed by atoms with E-state index in [4.69, 9.17) is 16.3 Å². The van der Waals surface area contributed by atoms with E-state index in [1.165, 1.54) is 5.69 Å². The summed E-state index contributed by atoms with van der Waals surface area (Å²) in [5.74, 6) is 0. The van der Waals surface area contributed by atoms with Crippen LogP contribution in [-0.4, -0.2) is 47.4 Å². The first-order valence-corrected chi connectivity index (χ1v) is 6.91. The van der Waals surface area contributed by atoms with Crippen molar-refractivity contribution in [2.45, 2.75) is 38.7 Å². The van der Waals surface area contributed by atoms with Crippen LogP contribution in [0.4, 0.5) is 0 Å². The van der Waals surface area contributed by atoms with Crippen molar-refractivity contribution >= 4 is 11.6 Å². The molecule has 1 aromatic rings. The lowest BCUT2D eigenvalue weighted by Crippen LogP contribution is -2.29. The van der Waals surface area contributed by atoms with Gasteiger partial charge in [-0.1, -0.05) is 6.92 Å². The third-order valence-electron chi connectivity index (χ3n) is 2.86. The fourth-order valence-electron chi connectivity index (χ4n) is 2.00. The quantitative estimate of drug-likeness (QED) is 0.680. The Hall–Kier alpha value is -0.580. The molecule has 0 amide bonds. The number of hydrogen-bond acceptors (Lipinski definition) is 3. The van der Waals surface area contributed by atoms with E-state index in [0.717, 1.165) is 31.7 Å². The second-order valence-corrected chi connectivity index (χ2v) is 5.16. The molecule has 0 spiro atoms. The number of halogens is 1. The van der Waals surface area contributed by atoms with Crippen molar-refractivity contribution in [3.8, 4) is 0 Å². The van der Waals surface area contributed by atoms with E-state index in [1.807, 2.05) is 0 Å². The molecule has 1 heterocycles. The van der Waals surface area contributed by atoms with Crippen LogP contribution in [-0.2, 0) is 24.2 Å². The van der Waals surface area contributed by atoms with Crippen molar-refractivity contribution in [3.63, 3.8) is 0 Å². The van der Waals surface area contributed by atoms with Gasteiger partial charge in [-0.3, -0.25) is 9.58 Å². The molecule has 18 heavy (non-hydrogen) atoms. The molecule has 4 nitrogen and oxygen atoms in total. The Labute approximate surface area is 115 Å². The van der Waals surface area contributed by atoms with Gasteiger partial charge in [-0.2, -0.15) is 5.10 Å². The van der Waals surface area contributed by atoms with E-state index in [-0.39, 0.29) is 5.38 Å². The summed E-state index contributed by atoms with van der Waals surface area (Å²) in [5, 5.41) is 4.58. The summed E-state index contributed by atoms with van der Waals surface area (Å²) in [6, 6.07) is 2.18. The van der Waals surface area contributed by atoms with E-state index in [1.54, 1.807) is 7.11 Å². The fourth-order valence-corrected chi connectivity index (χ4v) is 2.36. The van der Waals surface area contributed by atoms with Crippen LogP contribution in [0.3, 0.4) is 0 Å². The molecule has 1 rings (SSSR count). The van der Waals surface area contributed by atoms with Gasteiger partial charge in [-0.25, -0.2) is 0 Å². The van der Waals surface area contributed by atoms with Gasteiger partial charge >= 0.3 is 0 Å². The number of aryl methyl sites for hydroxylation is 2. The van der Waals surface area contributed by atoms with Crippen LogP contribution in [0, 0.1) is 0 Å². The van der Waals surface area contributed by atoms with Crippen LogP contribution in [0.2, 0.25) is 0 Å². The average Bonchev–Trinajstić information content (AvgIpc) is 2.71. The molecular formula is C13H24ClN3O. The van der Waals surface area contributed by atoms with E-state index in [9.17, 15) is 0 Å². The van der Waals surface area contributed by atoms with Crippen LogP contribution >= 0.6 is 11.6 Å². The predicted molar refractivity (Wildman–Crippen MR) is 75.1 cm³/mol. The Morgan fingerprint density at radius 1 is 1.50 bits per heavy atom. The molecule has 0 aromatic carbocycles. The third kappa shape index (κ3) is 4.59. The number of rotatable bonds is 8. The minimum atomic E-state index is 0.0312. The first-order valence-electron chi connectivity index (χ1n) is 6.47. The smallest absolute Gasteiger partial charge is 0.0696 e. The van der Waals surface area contributed by atoms with Gasteiger partial charge < -0.3 is 4.74 Å². The van der Waals surface area contributed by atoms with Crippen LogP contribution in [0.5, 0.6) is 0 Å². The van der Waals surface area contributed by atoms with Crippen molar-refractivity contribution in [2.75, 3.05) is 27.3 Å². The maximum absolute atomic E-state index is 6.16. The second kappa shape index (κ2) is 7.77. The van der Waals surface area contributed by atoms with E-state index >= 15 is 0 Å². The van der Waals surface area contributed by atoms with Crippen molar-refractivity contribution in [2.24, 2.45) is 0 Å². The highest BCUT2D eigenvalue weighted by Gasteiger charge is 2.12. The van der Waals surface area contributed by atoms with Gasteiger partial charge in [0.25, 0.3) is 0 Å². The first-order chi connectivity index (χ1) is 8.60. The van der Waals surface area contributed by atoms with Crippen LogP contribution in [0.1, 0.15) is 25.2 Å². The lowest BCUT2D eigenvalue weighted by molar-refractivity contribution is 0.180. The maximum Gasteiger partial charge on any atom is 0.0696 e. The number of nitrogens with zero attached hydrogens (tertiary/aromatic N) is 3. The molecule has 1 unspecified atom stereocenters. The first kappa shape index (κ1) is 15.5. The standard InChI is InChI=1S/C13H24ClN3O/c1-5-12-7-13(17(6-2)15-12)9-16(3)8-11(14)10-18-4/h7,11H,5-6,8-10H2,1-4H3.